The molecule has 11 heteroatoms. The third-order valence-corrected chi connectivity index (χ3v) is 5.99. The van der Waals surface area contributed by atoms with E-state index >= 15 is 0 Å². The Labute approximate surface area is 196 Å². The molecule has 0 heterocycles. The lowest BCUT2D eigenvalue weighted by Crippen LogP contribution is -2.57. The maximum atomic E-state index is 12.8. The van der Waals surface area contributed by atoms with E-state index in [1.54, 1.807) is 27.7 Å². The highest BCUT2D eigenvalue weighted by molar-refractivity contribution is 5.96. The molecule has 1 saturated carbocycles. The highest BCUT2D eigenvalue weighted by Crippen LogP contribution is 2.34. The number of alkyl halides is 3. The Hall–Kier alpha value is -2.82. The van der Waals surface area contributed by atoms with E-state index in [4.69, 9.17) is 0 Å². The predicted molar refractivity (Wildman–Crippen MR) is 118 cm³/mol. The van der Waals surface area contributed by atoms with Gasteiger partial charge < -0.3 is 25.7 Å². The Balaban J connectivity index is 1.99. The third-order valence-electron chi connectivity index (χ3n) is 5.99. The summed E-state index contributed by atoms with van der Waals surface area (Å²) in [6.45, 7) is 6.49. The number of carboxylic acid groups (broad SMARTS) is 1. The van der Waals surface area contributed by atoms with Crippen LogP contribution in [0.2, 0.25) is 0 Å². The number of hydrogen-bond acceptors (Lipinski definition) is 4. The van der Waals surface area contributed by atoms with E-state index in [9.17, 15) is 37.8 Å². The molecule has 0 spiro atoms. The second kappa shape index (κ2) is 10.6. The zero-order chi connectivity index (χ0) is 25.8. The summed E-state index contributed by atoms with van der Waals surface area (Å²) in [6, 6.07) is 3.12. The van der Waals surface area contributed by atoms with Crippen molar-refractivity contribution in [1.82, 2.24) is 15.5 Å². The van der Waals surface area contributed by atoms with Crippen LogP contribution in [0, 0.1) is 5.92 Å². The molecule has 2 unspecified atom stereocenters. The first kappa shape index (κ1) is 27.4. The van der Waals surface area contributed by atoms with Gasteiger partial charge in [-0.25, -0.2) is 4.79 Å². The van der Waals surface area contributed by atoms with Gasteiger partial charge in [0.25, 0.3) is 5.91 Å². The Morgan fingerprint density at radius 1 is 1.18 bits per heavy atom. The normalized spacial score (nSPS) is 21.9. The lowest BCUT2D eigenvalue weighted by molar-refractivity contribution is -0.137. The van der Waals surface area contributed by atoms with E-state index in [1.165, 1.54) is 11.0 Å². The molecule has 190 valence electrons. The minimum absolute atomic E-state index is 0.221. The smallest absolute Gasteiger partial charge is 0.416 e. The van der Waals surface area contributed by atoms with Gasteiger partial charge in [-0.3, -0.25) is 9.59 Å². The topological polar surface area (TPSA) is 119 Å². The van der Waals surface area contributed by atoms with Crippen LogP contribution in [-0.2, 0) is 11.0 Å². The molecule has 1 aliphatic rings. The van der Waals surface area contributed by atoms with Gasteiger partial charge in [-0.05, 0) is 65.2 Å². The highest BCUT2D eigenvalue weighted by atomic mass is 19.4. The molecule has 0 saturated heterocycles. The van der Waals surface area contributed by atoms with Gasteiger partial charge in [0.1, 0.15) is 0 Å². The SMILES string of the molecule is CC(O)[C@@H]1CC(N(C(=O)O)C(C)(C)C)CC[C@@H]1NC(=O)CNC(=O)c1cccc(C(F)(F)F)c1. The molecule has 3 amide bonds. The number of aliphatic hydroxyl groups excluding tert-OH is 1. The van der Waals surface area contributed by atoms with Crippen molar-refractivity contribution < 1.29 is 37.8 Å². The van der Waals surface area contributed by atoms with Crippen LogP contribution in [0.3, 0.4) is 0 Å². The number of carbonyl (C=O) groups excluding carboxylic acids is 2. The summed E-state index contributed by atoms with van der Waals surface area (Å²) in [5.41, 5.74) is -1.82. The number of halogens is 3. The second-order valence-electron chi connectivity index (χ2n) is 9.63. The first-order valence-electron chi connectivity index (χ1n) is 11.1. The molecule has 0 aliphatic heterocycles. The van der Waals surface area contributed by atoms with E-state index in [2.05, 4.69) is 10.6 Å². The molecule has 1 aromatic rings. The fraction of sp³-hybridized carbons (Fsp3) is 0.609. The standard InChI is InChI=1S/C23H32F3N3O5/c1-13(30)17-11-16(29(21(33)34)22(2,3)4)8-9-18(17)28-19(31)12-27-20(32)14-6-5-7-15(10-14)23(24,25)26/h5-7,10,13,16-18,30H,8-9,11-12H2,1-4H3,(H,27,32)(H,28,31)(H,33,34)/t13?,16?,17-,18-/m0/s1. The number of hydrogen-bond donors (Lipinski definition) is 4. The van der Waals surface area contributed by atoms with Crippen molar-refractivity contribution >= 4 is 17.9 Å². The summed E-state index contributed by atoms with van der Waals surface area (Å²) >= 11 is 0. The van der Waals surface area contributed by atoms with E-state index in [1.807, 2.05) is 0 Å². The first-order valence-corrected chi connectivity index (χ1v) is 11.1. The number of carbonyl (C=O) groups is 3. The van der Waals surface area contributed by atoms with Crippen molar-refractivity contribution in [2.24, 2.45) is 5.92 Å². The van der Waals surface area contributed by atoms with Gasteiger partial charge in [-0.15, -0.1) is 0 Å². The van der Waals surface area contributed by atoms with Crippen LogP contribution in [0.15, 0.2) is 24.3 Å². The quantitative estimate of drug-likeness (QED) is 0.491. The fourth-order valence-corrected chi connectivity index (χ4v) is 4.48. The van der Waals surface area contributed by atoms with Gasteiger partial charge in [-0.2, -0.15) is 13.2 Å². The lowest BCUT2D eigenvalue weighted by Gasteiger charge is -2.46. The first-order chi connectivity index (χ1) is 15.6. The molecule has 4 atom stereocenters. The lowest BCUT2D eigenvalue weighted by atomic mass is 9.77. The van der Waals surface area contributed by atoms with Gasteiger partial charge in [0.15, 0.2) is 0 Å². The Kier molecular flexibility index (Phi) is 8.57. The van der Waals surface area contributed by atoms with Crippen molar-refractivity contribution in [2.45, 2.75) is 76.9 Å². The zero-order valence-corrected chi connectivity index (χ0v) is 19.6. The Morgan fingerprint density at radius 3 is 2.35 bits per heavy atom. The van der Waals surface area contributed by atoms with Crippen molar-refractivity contribution in [2.75, 3.05) is 6.54 Å². The zero-order valence-electron chi connectivity index (χ0n) is 19.6. The van der Waals surface area contributed by atoms with Crippen molar-refractivity contribution in [3.05, 3.63) is 35.4 Å². The van der Waals surface area contributed by atoms with Gasteiger partial charge in [0.05, 0.1) is 18.2 Å². The highest BCUT2D eigenvalue weighted by Gasteiger charge is 2.41. The average molecular weight is 488 g/mol. The van der Waals surface area contributed by atoms with Crippen LogP contribution in [0.4, 0.5) is 18.0 Å². The molecular formula is C23H32F3N3O5. The third kappa shape index (κ3) is 7.09. The molecule has 0 radical (unpaired) electrons. The maximum absolute atomic E-state index is 12.8. The Bertz CT molecular complexity index is 899. The van der Waals surface area contributed by atoms with Crippen LogP contribution >= 0.6 is 0 Å². The summed E-state index contributed by atoms with van der Waals surface area (Å²) in [6.07, 6.45) is -5.21. The van der Waals surface area contributed by atoms with E-state index < -0.39 is 59.8 Å². The molecule has 2 rings (SSSR count). The summed E-state index contributed by atoms with van der Waals surface area (Å²) in [5.74, 6) is -1.79. The van der Waals surface area contributed by atoms with Crippen molar-refractivity contribution in [1.29, 1.82) is 0 Å². The van der Waals surface area contributed by atoms with Crippen LogP contribution in [0.5, 0.6) is 0 Å². The molecule has 1 aliphatic carbocycles. The fourth-order valence-electron chi connectivity index (χ4n) is 4.48. The largest absolute Gasteiger partial charge is 0.465 e. The molecule has 1 aromatic carbocycles. The number of amides is 3. The minimum atomic E-state index is -4.59. The van der Waals surface area contributed by atoms with Crippen molar-refractivity contribution in [3.8, 4) is 0 Å². The van der Waals surface area contributed by atoms with E-state index in [0.717, 1.165) is 12.1 Å². The number of nitrogens with zero attached hydrogens (tertiary/aromatic N) is 1. The molecule has 1 fully saturated rings. The van der Waals surface area contributed by atoms with Crippen molar-refractivity contribution in [3.63, 3.8) is 0 Å². The average Bonchev–Trinajstić information content (AvgIpc) is 2.71. The van der Waals surface area contributed by atoms with E-state index in [0.29, 0.717) is 25.3 Å². The van der Waals surface area contributed by atoms with Crippen LogP contribution in [0.1, 0.15) is 62.9 Å². The molecular weight excluding hydrogens is 455 g/mol. The van der Waals surface area contributed by atoms with Gasteiger partial charge in [0.2, 0.25) is 5.91 Å². The summed E-state index contributed by atoms with van der Waals surface area (Å²) < 4.78 is 38.5. The molecule has 4 N–H and O–H groups in total. The Morgan fingerprint density at radius 2 is 1.82 bits per heavy atom. The number of rotatable bonds is 6. The van der Waals surface area contributed by atoms with Gasteiger partial charge >= 0.3 is 12.3 Å². The van der Waals surface area contributed by atoms with Gasteiger partial charge in [-0.1, -0.05) is 6.07 Å². The summed E-state index contributed by atoms with van der Waals surface area (Å²) in [7, 11) is 0. The number of nitrogens with one attached hydrogen (secondary N) is 2. The van der Waals surface area contributed by atoms with E-state index in [-0.39, 0.29) is 11.6 Å². The molecule has 0 bridgehead atoms. The van der Waals surface area contributed by atoms with Crippen LogP contribution in [0.25, 0.3) is 0 Å². The molecule has 34 heavy (non-hydrogen) atoms. The second-order valence-corrected chi connectivity index (χ2v) is 9.63. The maximum Gasteiger partial charge on any atom is 0.416 e. The monoisotopic (exact) mass is 487 g/mol. The molecule has 8 nitrogen and oxygen atoms in total. The van der Waals surface area contributed by atoms with Crippen LogP contribution < -0.4 is 10.6 Å². The number of benzene rings is 1. The summed E-state index contributed by atoms with van der Waals surface area (Å²) in [4.78, 5) is 37.8. The minimum Gasteiger partial charge on any atom is -0.465 e. The predicted octanol–water partition coefficient (Wildman–Crippen LogP) is 3.25. The summed E-state index contributed by atoms with van der Waals surface area (Å²) in [5, 5.41) is 25.0. The molecule has 0 aromatic heterocycles. The van der Waals surface area contributed by atoms with Gasteiger partial charge in [0, 0.05) is 29.1 Å². The van der Waals surface area contributed by atoms with Crippen LogP contribution in [-0.4, -0.2) is 63.3 Å². The number of aliphatic hydroxyl groups is 1.